The minimum atomic E-state index is -1.12. The maximum absolute atomic E-state index is 13.4. The Hall–Kier alpha value is -4.72. The number of nitrogens with one attached hydrogen (secondary N) is 2. The third kappa shape index (κ3) is 11.1. The van der Waals surface area contributed by atoms with Crippen LogP contribution in [-0.4, -0.2) is 96.1 Å². The fraction of sp³-hybridized carbons (Fsp3) is 0.375. The van der Waals surface area contributed by atoms with Crippen LogP contribution < -0.4 is 27.8 Å². The monoisotopic (exact) mass is 618 g/mol. The molecule has 4 amide bonds. The van der Waals surface area contributed by atoms with Crippen molar-refractivity contribution in [3.63, 3.8) is 0 Å². The number of para-hydroxylation sites is 1. The van der Waals surface area contributed by atoms with Gasteiger partial charge >= 0.3 is 0 Å². The quantitative estimate of drug-likeness (QED) is 0.123. The van der Waals surface area contributed by atoms with Gasteiger partial charge in [-0.1, -0.05) is 48.5 Å². The van der Waals surface area contributed by atoms with Crippen LogP contribution in [0, 0.1) is 0 Å². The first-order chi connectivity index (χ1) is 21.7. The van der Waals surface area contributed by atoms with E-state index < -0.39 is 35.7 Å². The van der Waals surface area contributed by atoms with Crippen molar-refractivity contribution in [3.05, 3.63) is 72.4 Å². The summed E-state index contributed by atoms with van der Waals surface area (Å²) in [6.45, 7) is 0.351. The van der Waals surface area contributed by atoms with Crippen LogP contribution in [0.4, 0.5) is 5.69 Å². The van der Waals surface area contributed by atoms with Crippen LogP contribution >= 0.6 is 0 Å². The lowest BCUT2D eigenvalue weighted by Crippen LogP contribution is -2.50. The number of aromatic nitrogens is 1. The third-order valence-electron chi connectivity index (χ3n) is 7.19. The van der Waals surface area contributed by atoms with E-state index in [1.54, 1.807) is 12.3 Å². The summed E-state index contributed by atoms with van der Waals surface area (Å²) in [4.78, 5) is 70.2. The summed E-state index contributed by atoms with van der Waals surface area (Å²) < 4.78 is 0. The number of aryl methyl sites for hydroxylation is 1. The molecule has 0 aliphatic rings. The second-order valence-corrected chi connectivity index (χ2v) is 10.5. The van der Waals surface area contributed by atoms with Gasteiger partial charge in [0, 0.05) is 38.0 Å². The van der Waals surface area contributed by atoms with E-state index >= 15 is 0 Å². The van der Waals surface area contributed by atoms with Crippen LogP contribution in [-0.2, 0) is 30.4 Å². The van der Waals surface area contributed by atoms with E-state index in [4.69, 9.17) is 17.2 Å². The zero-order valence-electron chi connectivity index (χ0n) is 25.3. The number of amides is 4. The van der Waals surface area contributed by atoms with Crippen LogP contribution in [0.15, 0.2) is 66.9 Å². The van der Waals surface area contributed by atoms with Crippen molar-refractivity contribution < 1.29 is 24.0 Å². The maximum Gasteiger partial charge on any atom is 0.247 e. The van der Waals surface area contributed by atoms with Crippen LogP contribution in [0.1, 0.15) is 24.8 Å². The highest BCUT2D eigenvalue weighted by Gasteiger charge is 2.26. The minimum absolute atomic E-state index is 0.0643. The molecule has 1 aromatic heterocycles. The zero-order valence-corrected chi connectivity index (χ0v) is 25.3. The Bertz CT molecular complexity index is 1430. The molecule has 240 valence electrons. The number of fused-ring (bicyclic) bond motifs is 1. The Balaban J connectivity index is 1.63. The highest BCUT2D eigenvalue weighted by molar-refractivity contribution is 5.99. The van der Waals surface area contributed by atoms with Gasteiger partial charge in [0.1, 0.15) is 18.9 Å². The molecule has 0 radical (unpaired) electrons. The van der Waals surface area contributed by atoms with Gasteiger partial charge in [0.15, 0.2) is 0 Å². The number of anilines is 1. The number of carbonyl (C=O) groups excluding carboxylic acids is 5. The number of carbonyl (C=O) groups is 5. The van der Waals surface area contributed by atoms with E-state index in [1.165, 1.54) is 4.90 Å². The van der Waals surface area contributed by atoms with Crippen molar-refractivity contribution in [2.45, 2.75) is 37.8 Å². The molecule has 2 atom stereocenters. The molecule has 1 heterocycles. The normalized spacial score (nSPS) is 12.2. The van der Waals surface area contributed by atoms with Gasteiger partial charge in [0.05, 0.1) is 30.0 Å². The van der Waals surface area contributed by atoms with Gasteiger partial charge in [-0.3, -0.25) is 24.2 Å². The lowest BCUT2D eigenvalue weighted by Gasteiger charge is -2.26. The van der Waals surface area contributed by atoms with E-state index in [0.717, 1.165) is 21.4 Å². The fourth-order valence-corrected chi connectivity index (χ4v) is 4.72. The zero-order chi connectivity index (χ0) is 32.6. The molecule has 0 bridgehead atoms. The first kappa shape index (κ1) is 34.8. The SMILES string of the molecule is NCCN(CCN)C(=O)CN(CC=O)C(=O)CCC(N)C(=O)NC(CCc1ccccc1)C(=O)Nc1cnc2ccccc2c1. The average molecular weight is 619 g/mol. The van der Waals surface area contributed by atoms with E-state index in [-0.39, 0.29) is 52.1 Å². The number of rotatable bonds is 18. The number of hydrogen-bond acceptors (Lipinski definition) is 9. The predicted octanol–water partition coefficient (Wildman–Crippen LogP) is 0.172. The summed E-state index contributed by atoms with van der Waals surface area (Å²) in [5, 5.41) is 6.42. The molecule has 8 N–H and O–H groups in total. The highest BCUT2D eigenvalue weighted by Crippen LogP contribution is 2.17. The van der Waals surface area contributed by atoms with Crippen molar-refractivity contribution in [1.29, 1.82) is 0 Å². The summed E-state index contributed by atoms with van der Waals surface area (Å²) in [7, 11) is 0. The summed E-state index contributed by atoms with van der Waals surface area (Å²) >= 11 is 0. The average Bonchev–Trinajstić information content (AvgIpc) is 3.05. The van der Waals surface area contributed by atoms with Crippen molar-refractivity contribution in [3.8, 4) is 0 Å². The fourth-order valence-electron chi connectivity index (χ4n) is 4.72. The van der Waals surface area contributed by atoms with Gasteiger partial charge in [-0.05, 0) is 37.0 Å². The molecule has 0 saturated carbocycles. The summed E-state index contributed by atoms with van der Waals surface area (Å²) in [6.07, 6.45) is 2.64. The first-order valence-corrected chi connectivity index (χ1v) is 14.9. The van der Waals surface area contributed by atoms with Crippen molar-refractivity contribution in [1.82, 2.24) is 20.1 Å². The molecule has 0 saturated heterocycles. The molecule has 45 heavy (non-hydrogen) atoms. The van der Waals surface area contributed by atoms with Gasteiger partial charge in [0.2, 0.25) is 23.6 Å². The van der Waals surface area contributed by atoms with Crippen molar-refractivity contribution in [2.75, 3.05) is 44.6 Å². The standard InChI is InChI=1S/C32H42N8O5/c33-14-16-39(17-15-34)30(43)22-40(18-19-41)29(42)13-11-26(35)31(44)38-28(12-10-23-6-2-1-3-7-23)32(45)37-25-20-24-8-4-5-9-27(24)36-21-25/h1-9,19-21,26,28H,10-18,22,33-35H2,(H,37,45)(H,38,44). The highest BCUT2D eigenvalue weighted by atomic mass is 16.2. The molecule has 3 aromatic rings. The smallest absolute Gasteiger partial charge is 0.247 e. The summed E-state index contributed by atoms with van der Waals surface area (Å²) in [6, 6.07) is 16.8. The Labute approximate surface area is 262 Å². The van der Waals surface area contributed by atoms with E-state index in [2.05, 4.69) is 15.6 Å². The van der Waals surface area contributed by atoms with Crippen LogP contribution in [0.3, 0.4) is 0 Å². The predicted molar refractivity (Wildman–Crippen MR) is 172 cm³/mol. The number of aldehydes is 1. The van der Waals surface area contributed by atoms with E-state index in [1.807, 2.05) is 54.6 Å². The molecule has 13 nitrogen and oxygen atoms in total. The molecule has 0 spiro atoms. The van der Waals surface area contributed by atoms with Gasteiger partial charge in [-0.25, -0.2) is 0 Å². The molecule has 0 fully saturated rings. The number of nitrogens with zero attached hydrogens (tertiary/aromatic N) is 3. The Morgan fingerprint density at radius 2 is 1.56 bits per heavy atom. The lowest BCUT2D eigenvalue weighted by molar-refractivity contribution is -0.141. The maximum atomic E-state index is 13.4. The van der Waals surface area contributed by atoms with Crippen LogP contribution in [0.2, 0.25) is 0 Å². The van der Waals surface area contributed by atoms with Crippen molar-refractivity contribution in [2.24, 2.45) is 17.2 Å². The molecule has 0 aliphatic heterocycles. The van der Waals surface area contributed by atoms with Crippen LogP contribution in [0.5, 0.6) is 0 Å². The van der Waals surface area contributed by atoms with Gasteiger partial charge in [-0.2, -0.15) is 0 Å². The molecule has 0 aliphatic carbocycles. The van der Waals surface area contributed by atoms with Crippen molar-refractivity contribution >= 4 is 46.5 Å². The van der Waals surface area contributed by atoms with Gasteiger partial charge < -0.3 is 42.4 Å². The second kappa shape index (κ2) is 18.2. The Morgan fingerprint density at radius 1 is 0.867 bits per heavy atom. The second-order valence-electron chi connectivity index (χ2n) is 10.5. The molecule has 2 aromatic carbocycles. The van der Waals surface area contributed by atoms with Crippen LogP contribution in [0.25, 0.3) is 10.9 Å². The van der Waals surface area contributed by atoms with Gasteiger partial charge in [0.25, 0.3) is 0 Å². The topological polar surface area (TPSA) is 207 Å². The van der Waals surface area contributed by atoms with E-state index in [9.17, 15) is 24.0 Å². The number of benzene rings is 2. The largest absolute Gasteiger partial charge is 0.343 e. The molecular formula is C32H42N8O5. The summed E-state index contributed by atoms with van der Waals surface area (Å²) in [5.74, 6) is -1.95. The number of nitrogens with two attached hydrogens (primary N) is 3. The Kier molecular flexibility index (Phi) is 14.0. The molecule has 3 rings (SSSR count). The third-order valence-corrected chi connectivity index (χ3v) is 7.19. The molecular weight excluding hydrogens is 576 g/mol. The summed E-state index contributed by atoms with van der Waals surface area (Å²) in [5.41, 5.74) is 19.5. The first-order valence-electron chi connectivity index (χ1n) is 14.9. The molecule has 2 unspecified atom stereocenters. The Morgan fingerprint density at radius 3 is 2.24 bits per heavy atom. The van der Waals surface area contributed by atoms with Gasteiger partial charge in [-0.15, -0.1) is 0 Å². The van der Waals surface area contributed by atoms with E-state index in [0.29, 0.717) is 24.8 Å². The number of hydrogen-bond donors (Lipinski definition) is 5. The molecule has 13 heteroatoms. The number of pyridine rings is 1. The lowest BCUT2D eigenvalue weighted by atomic mass is 10.0. The minimum Gasteiger partial charge on any atom is -0.343 e.